The average Bonchev–Trinajstić information content (AvgIpc) is 3.35. The number of carbonyl (C=O) groups excluding carboxylic acids is 2. The molecule has 9 heteroatoms. The second-order valence-electron chi connectivity index (χ2n) is 10.3. The van der Waals surface area contributed by atoms with Gasteiger partial charge in [0.05, 0.1) is 21.8 Å². The molecule has 0 unspecified atom stereocenters. The first kappa shape index (κ1) is 24.8. The van der Waals surface area contributed by atoms with Crippen molar-refractivity contribution in [1.29, 1.82) is 0 Å². The van der Waals surface area contributed by atoms with Crippen molar-refractivity contribution in [3.63, 3.8) is 0 Å². The molecule has 2 aromatic carbocycles. The summed E-state index contributed by atoms with van der Waals surface area (Å²) in [6.07, 6.45) is 3.55. The lowest BCUT2D eigenvalue weighted by Crippen LogP contribution is -2.43. The Morgan fingerprint density at radius 1 is 1.20 bits per heavy atom. The predicted octanol–water partition coefficient (Wildman–Crippen LogP) is 6.09. The summed E-state index contributed by atoms with van der Waals surface area (Å²) in [7, 11) is -4.19. The van der Waals surface area contributed by atoms with Crippen LogP contribution in [0.4, 0.5) is 0 Å². The van der Waals surface area contributed by atoms with Crippen molar-refractivity contribution in [1.82, 2.24) is 0 Å². The number of rotatable bonds is 7. The smallest absolute Gasteiger partial charge is 0.310 e. The third-order valence-electron chi connectivity index (χ3n) is 8.40. The summed E-state index contributed by atoms with van der Waals surface area (Å²) in [6, 6.07) is 8.60. The van der Waals surface area contributed by atoms with Crippen molar-refractivity contribution >= 4 is 49.7 Å². The molecule has 3 atom stereocenters. The van der Waals surface area contributed by atoms with Gasteiger partial charge < -0.3 is 8.92 Å². The Balaban J connectivity index is 1.43. The van der Waals surface area contributed by atoms with E-state index in [1.54, 1.807) is 0 Å². The van der Waals surface area contributed by atoms with Gasteiger partial charge in [0.15, 0.2) is 12.0 Å². The molecule has 0 aromatic heterocycles. The monoisotopic (exact) mass is 580 g/mol. The lowest BCUT2D eigenvalue weighted by atomic mass is 9.70. The molecule has 0 amide bonds. The van der Waals surface area contributed by atoms with E-state index in [9.17, 15) is 18.0 Å². The third-order valence-corrected chi connectivity index (χ3v) is 10.7. The highest BCUT2D eigenvalue weighted by Crippen LogP contribution is 2.64. The molecule has 2 saturated carbocycles. The van der Waals surface area contributed by atoms with E-state index in [2.05, 4.69) is 15.9 Å². The van der Waals surface area contributed by atoms with Gasteiger partial charge in [0.2, 0.25) is 0 Å². The largest absolute Gasteiger partial charge is 0.484 e. The molecule has 35 heavy (non-hydrogen) atoms. The van der Waals surface area contributed by atoms with E-state index in [1.165, 1.54) is 12.1 Å². The predicted molar refractivity (Wildman–Crippen MR) is 136 cm³/mol. The van der Waals surface area contributed by atoms with Crippen molar-refractivity contribution in [2.24, 2.45) is 16.7 Å². The fraction of sp³-hybridized carbons (Fsp3) is 0.462. The molecule has 0 aliphatic heterocycles. The lowest BCUT2D eigenvalue weighted by molar-refractivity contribution is -0.128. The first-order chi connectivity index (χ1) is 16.5. The Labute approximate surface area is 218 Å². The average molecular weight is 582 g/mol. The molecule has 2 aromatic rings. The van der Waals surface area contributed by atoms with E-state index >= 15 is 0 Å². The fourth-order valence-electron chi connectivity index (χ4n) is 6.23. The van der Waals surface area contributed by atoms with Crippen LogP contribution in [0.3, 0.4) is 0 Å². The molecule has 0 spiro atoms. The van der Waals surface area contributed by atoms with Crippen LogP contribution >= 0.6 is 27.5 Å². The van der Waals surface area contributed by atoms with Gasteiger partial charge in [-0.15, -0.1) is 0 Å². The molecule has 5 rings (SSSR count). The van der Waals surface area contributed by atoms with E-state index in [4.69, 9.17) is 20.5 Å². The number of carbonyl (C=O) groups is 2. The number of Topliss-reactive ketones (excluding diaryl/α,β-unsaturated/α-hetero) is 1. The highest BCUT2D eigenvalue weighted by molar-refractivity contribution is 9.10. The molecule has 3 aliphatic carbocycles. The standard InChI is InChI=1S/C26H26BrClO6S/c1-25(2)16-8-9-26(25,24(30)11-16)14-35(31,32)34-22-12-23(20(28)10-15(22)13-29)33-21-7-6-17-18(21)4-3-5-19(17)27/h3-5,10,12-13,16,21H,6-9,11,14H2,1-2H3/t16-,21-,26-/m0/s1. The van der Waals surface area contributed by atoms with Gasteiger partial charge >= 0.3 is 10.1 Å². The van der Waals surface area contributed by atoms with E-state index in [0.717, 1.165) is 34.9 Å². The van der Waals surface area contributed by atoms with Gasteiger partial charge in [-0.25, -0.2) is 0 Å². The van der Waals surface area contributed by atoms with Gasteiger partial charge in [0, 0.05) is 17.0 Å². The first-order valence-electron chi connectivity index (χ1n) is 11.7. The minimum absolute atomic E-state index is 0.000649. The summed E-state index contributed by atoms with van der Waals surface area (Å²) in [5, 5.41) is 0.185. The van der Waals surface area contributed by atoms with Crippen LogP contribution in [-0.2, 0) is 21.3 Å². The zero-order valence-electron chi connectivity index (χ0n) is 19.5. The highest BCUT2D eigenvalue weighted by Gasteiger charge is 2.65. The topological polar surface area (TPSA) is 86.7 Å². The van der Waals surface area contributed by atoms with Crippen LogP contribution in [-0.4, -0.2) is 26.2 Å². The number of halogens is 2. The number of aldehydes is 1. The van der Waals surface area contributed by atoms with Crippen molar-refractivity contribution in [3.05, 3.63) is 56.5 Å². The van der Waals surface area contributed by atoms with E-state index in [0.29, 0.717) is 19.1 Å². The number of fused-ring (bicyclic) bond motifs is 3. The number of benzene rings is 2. The van der Waals surface area contributed by atoms with Crippen LogP contribution in [0.1, 0.15) is 67.1 Å². The summed E-state index contributed by atoms with van der Waals surface area (Å²) in [5.41, 5.74) is 0.799. The van der Waals surface area contributed by atoms with Gasteiger partial charge in [0.1, 0.15) is 17.6 Å². The summed E-state index contributed by atoms with van der Waals surface area (Å²) < 4.78 is 39.1. The Morgan fingerprint density at radius 2 is 1.97 bits per heavy atom. The number of hydrogen-bond acceptors (Lipinski definition) is 6. The number of ketones is 1. The molecular formula is C26H26BrClO6S. The van der Waals surface area contributed by atoms with Crippen LogP contribution in [0, 0.1) is 16.7 Å². The Hall–Kier alpha value is -1.90. The van der Waals surface area contributed by atoms with E-state index in [1.807, 2.05) is 32.0 Å². The first-order valence-corrected chi connectivity index (χ1v) is 14.4. The quantitative estimate of drug-likeness (QED) is 0.291. The Morgan fingerprint density at radius 3 is 2.63 bits per heavy atom. The maximum absolute atomic E-state index is 13.2. The lowest BCUT2D eigenvalue weighted by Gasteiger charge is -2.35. The minimum atomic E-state index is -4.19. The summed E-state index contributed by atoms with van der Waals surface area (Å²) in [5.74, 6) is -0.172. The molecule has 2 fully saturated rings. The molecule has 3 aliphatic rings. The molecule has 0 N–H and O–H groups in total. The van der Waals surface area contributed by atoms with Crippen molar-refractivity contribution in [2.75, 3.05) is 5.75 Å². The van der Waals surface area contributed by atoms with E-state index in [-0.39, 0.29) is 39.9 Å². The van der Waals surface area contributed by atoms with Gasteiger partial charge in [-0.05, 0) is 60.3 Å². The third kappa shape index (κ3) is 4.02. The van der Waals surface area contributed by atoms with E-state index < -0.39 is 26.7 Å². The maximum atomic E-state index is 13.2. The molecule has 0 radical (unpaired) electrons. The number of hydrogen-bond donors (Lipinski definition) is 0. The van der Waals surface area contributed by atoms with Crippen LogP contribution in [0.15, 0.2) is 34.8 Å². The summed E-state index contributed by atoms with van der Waals surface area (Å²) in [4.78, 5) is 24.5. The second-order valence-corrected chi connectivity index (χ2v) is 13.2. The van der Waals surface area contributed by atoms with Gasteiger partial charge in [0.25, 0.3) is 0 Å². The molecule has 0 heterocycles. The zero-order chi connectivity index (χ0) is 25.2. The van der Waals surface area contributed by atoms with Gasteiger partial charge in [-0.2, -0.15) is 8.42 Å². The summed E-state index contributed by atoms with van der Waals surface area (Å²) >= 11 is 9.96. The molecule has 2 bridgehead atoms. The molecule has 186 valence electrons. The SMILES string of the molecule is CC1(C)[C@H]2CC[C@]1(CS(=O)(=O)Oc1cc(O[C@H]3CCc4c(Br)cccc43)c(Cl)cc1C=O)C(=O)C2. The molecule has 0 saturated heterocycles. The summed E-state index contributed by atoms with van der Waals surface area (Å²) in [6.45, 7) is 3.93. The Bertz CT molecular complexity index is 1340. The normalized spacial score (nSPS) is 26.6. The van der Waals surface area contributed by atoms with Crippen molar-refractivity contribution in [2.45, 2.75) is 52.1 Å². The molecular weight excluding hydrogens is 556 g/mol. The Kier molecular flexibility index (Phi) is 6.09. The van der Waals surface area contributed by atoms with Gasteiger partial charge in [-0.1, -0.05) is 53.5 Å². The fourth-order valence-corrected chi connectivity index (χ4v) is 8.78. The zero-order valence-corrected chi connectivity index (χ0v) is 22.6. The van der Waals surface area contributed by atoms with Gasteiger partial charge in [-0.3, -0.25) is 9.59 Å². The highest BCUT2D eigenvalue weighted by atomic mass is 79.9. The van der Waals surface area contributed by atoms with Crippen molar-refractivity contribution in [3.8, 4) is 11.5 Å². The van der Waals surface area contributed by atoms with Crippen LogP contribution in [0.25, 0.3) is 0 Å². The van der Waals surface area contributed by atoms with Crippen molar-refractivity contribution < 1.29 is 26.9 Å². The van der Waals surface area contributed by atoms with Crippen LogP contribution < -0.4 is 8.92 Å². The molecule has 6 nitrogen and oxygen atoms in total. The minimum Gasteiger partial charge on any atom is -0.484 e. The van der Waals surface area contributed by atoms with Crippen LogP contribution in [0.2, 0.25) is 5.02 Å². The van der Waals surface area contributed by atoms with Crippen LogP contribution in [0.5, 0.6) is 11.5 Å². The maximum Gasteiger partial charge on any atom is 0.310 e. The second kappa shape index (κ2) is 8.60. The number of ether oxygens (including phenoxy) is 1.